The number of anilines is 1. The van der Waals surface area contributed by atoms with Gasteiger partial charge in [0.2, 0.25) is 11.6 Å². The first-order chi connectivity index (χ1) is 10.0. The molecule has 0 radical (unpaired) electrons. The highest BCUT2D eigenvalue weighted by molar-refractivity contribution is 6.51. The number of rotatable bonds is 1. The maximum absolute atomic E-state index is 12.2. The summed E-state index contributed by atoms with van der Waals surface area (Å²) < 4.78 is 0. The van der Waals surface area contributed by atoms with E-state index in [1.165, 1.54) is 6.08 Å². The van der Waals surface area contributed by atoms with Crippen LogP contribution in [0, 0.1) is 0 Å². The van der Waals surface area contributed by atoms with Crippen molar-refractivity contribution >= 4 is 29.3 Å². The van der Waals surface area contributed by atoms with E-state index < -0.39 is 23.0 Å². The number of carboxylic acid groups (broad SMARTS) is 1. The Morgan fingerprint density at radius 2 is 2.10 bits per heavy atom. The van der Waals surface area contributed by atoms with Gasteiger partial charge in [-0.3, -0.25) is 14.4 Å². The van der Waals surface area contributed by atoms with E-state index in [1.807, 2.05) is 6.07 Å². The van der Waals surface area contributed by atoms with Crippen molar-refractivity contribution in [1.82, 2.24) is 0 Å². The molecule has 3 aliphatic rings. The number of aliphatic carboxylic acids is 1. The molecule has 1 unspecified atom stereocenters. The van der Waals surface area contributed by atoms with Crippen LogP contribution in [0.4, 0.5) is 5.69 Å². The van der Waals surface area contributed by atoms with Gasteiger partial charge in [0.15, 0.2) is 0 Å². The molecule has 5 heteroatoms. The van der Waals surface area contributed by atoms with E-state index in [4.69, 9.17) is 0 Å². The fourth-order valence-corrected chi connectivity index (χ4v) is 3.83. The summed E-state index contributed by atoms with van der Waals surface area (Å²) >= 11 is 0. The summed E-state index contributed by atoms with van der Waals surface area (Å²) in [5, 5.41) is 12.8. The van der Waals surface area contributed by atoms with Gasteiger partial charge >= 0.3 is 5.97 Å². The Kier molecular flexibility index (Phi) is 2.24. The minimum atomic E-state index is -0.956. The van der Waals surface area contributed by atoms with Gasteiger partial charge in [0, 0.05) is 6.54 Å². The van der Waals surface area contributed by atoms with Gasteiger partial charge in [-0.15, -0.1) is 0 Å². The van der Waals surface area contributed by atoms with Crippen LogP contribution in [0.3, 0.4) is 0 Å². The standard InChI is InChI=1S/C16H13NO4/c18-10-4-3-8-6-9-2-1-5-16(15(20)21)7-17-13(12(9)16)11(8)14(10)19/h3-4,6,17H,1-2,5,7H2,(H,20,21). The van der Waals surface area contributed by atoms with Gasteiger partial charge in [-0.2, -0.15) is 0 Å². The highest BCUT2D eigenvalue weighted by Gasteiger charge is 2.50. The molecular formula is C16H13NO4. The quantitative estimate of drug-likeness (QED) is 0.764. The van der Waals surface area contributed by atoms with Crippen molar-refractivity contribution in [2.45, 2.75) is 24.7 Å². The lowest BCUT2D eigenvalue weighted by molar-refractivity contribution is -0.143. The van der Waals surface area contributed by atoms with Crippen LogP contribution >= 0.6 is 0 Å². The first-order valence-corrected chi connectivity index (χ1v) is 6.99. The van der Waals surface area contributed by atoms with Crippen molar-refractivity contribution < 1.29 is 19.5 Å². The molecule has 21 heavy (non-hydrogen) atoms. The Bertz CT molecular complexity index is 762. The largest absolute Gasteiger partial charge is 0.481 e. The molecular weight excluding hydrogens is 270 g/mol. The first-order valence-electron chi connectivity index (χ1n) is 6.99. The van der Waals surface area contributed by atoms with Crippen LogP contribution < -0.4 is 5.32 Å². The number of hydrogen-bond donors (Lipinski definition) is 2. The van der Waals surface area contributed by atoms with Gasteiger partial charge in [-0.1, -0.05) is 12.1 Å². The number of benzene rings is 1. The minimum Gasteiger partial charge on any atom is -0.481 e. The van der Waals surface area contributed by atoms with Gasteiger partial charge in [-0.05, 0) is 42.0 Å². The molecule has 0 amide bonds. The van der Waals surface area contributed by atoms with Crippen LogP contribution in [-0.4, -0.2) is 29.2 Å². The van der Waals surface area contributed by atoms with Crippen LogP contribution in [0.2, 0.25) is 0 Å². The maximum Gasteiger partial charge on any atom is 0.316 e. The van der Waals surface area contributed by atoms with E-state index in [1.54, 1.807) is 6.08 Å². The third-order valence-corrected chi connectivity index (χ3v) is 4.81. The number of ketones is 2. The summed E-state index contributed by atoms with van der Waals surface area (Å²) in [5.41, 5.74) is 2.36. The molecule has 0 saturated heterocycles. The molecule has 0 bridgehead atoms. The van der Waals surface area contributed by atoms with Crippen LogP contribution in [0.1, 0.15) is 39.9 Å². The number of carboxylic acids is 1. The van der Waals surface area contributed by atoms with E-state index in [2.05, 4.69) is 5.32 Å². The zero-order chi connectivity index (χ0) is 14.8. The number of carbonyl (C=O) groups excluding carboxylic acids is 2. The zero-order valence-electron chi connectivity index (χ0n) is 11.2. The fourth-order valence-electron chi connectivity index (χ4n) is 3.83. The Morgan fingerprint density at radius 3 is 2.86 bits per heavy atom. The lowest BCUT2D eigenvalue weighted by Gasteiger charge is -2.31. The van der Waals surface area contributed by atoms with Gasteiger partial charge in [0.1, 0.15) is 5.41 Å². The van der Waals surface area contributed by atoms with Crippen LogP contribution in [0.15, 0.2) is 12.1 Å². The molecule has 1 heterocycles. The molecule has 1 atom stereocenters. The number of fused-ring (bicyclic) bond motifs is 2. The van der Waals surface area contributed by atoms with E-state index >= 15 is 0 Å². The minimum absolute atomic E-state index is 0.284. The van der Waals surface area contributed by atoms with Crippen molar-refractivity contribution in [3.05, 3.63) is 34.4 Å². The Labute approximate surface area is 120 Å². The summed E-state index contributed by atoms with van der Waals surface area (Å²) in [7, 11) is 0. The maximum atomic E-state index is 12.2. The molecule has 1 aromatic carbocycles. The predicted molar refractivity (Wildman–Crippen MR) is 75.6 cm³/mol. The number of nitrogens with one attached hydrogen (secondary N) is 1. The molecule has 2 N–H and O–H groups in total. The summed E-state index contributed by atoms with van der Waals surface area (Å²) in [5.74, 6) is -1.96. The van der Waals surface area contributed by atoms with Crippen molar-refractivity contribution in [2.75, 3.05) is 11.9 Å². The van der Waals surface area contributed by atoms with Crippen molar-refractivity contribution in [2.24, 2.45) is 0 Å². The second-order valence-electron chi connectivity index (χ2n) is 5.87. The van der Waals surface area contributed by atoms with Gasteiger partial charge in [0.05, 0.1) is 11.3 Å². The average molecular weight is 283 g/mol. The highest BCUT2D eigenvalue weighted by atomic mass is 16.4. The third kappa shape index (κ3) is 1.38. The number of allylic oxidation sites excluding steroid dienone is 1. The monoisotopic (exact) mass is 283 g/mol. The molecule has 4 rings (SSSR count). The lowest BCUT2D eigenvalue weighted by Crippen LogP contribution is -2.40. The summed E-state index contributed by atoms with van der Waals surface area (Å²) in [6.07, 6.45) is 5.11. The zero-order valence-corrected chi connectivity index (χ0v) is 11.2. The van der Waals surface area contributed by atoms with Crippen molar-refractivity contribution in [3.8, 4) is 0 Å². The normalized spacial score (nSPS) is 25.3. The highest BCUT2D eigenvalue weighted by Crippen LogP contribution is 2.49. The molecule has 5 nitrogen and oxygen atoms in total. The van der Waals surface area contributed by atoms with Crippen molar-refractivity contribution in [3.63, 3.8) is 0 Å². The molecule has 106 valence electrons. The average Bonchev–Trinajstić information content (AvgIpc) is 2.86. The van der Waals surface area contributed by atoms with Gasteiger partial charge in [0.25, 0.3) is 0 Å². The number of hydrogen-bond acceptors (Lipinski definition) is 4. The molecule has 0 saturated carbocycles. The molecule has 0 fully saturated rings. The Morgan fingerprint density at radius 1 is 1.29 bits per heavy atom. The second kappa shape index (κ2) is 3.81. The van der Waals surface area contributed by atoms with E-state index in [0.717, 1.165) is 24.0 Å². The molecule has 1 aromatic rings. The first kappa shape index (κ1) is 12.3. The number of aryl methyl sites for hydroxylation is 1. The Hall–Kier alpha value is -2.43. The molecule has 0 aromatic heterocycles. The predicted octanol–water partition coefficient (Wildman–Crippen LogP) is 1.55. The molecule has 0 spiro atoms. The van der Waals surface area contributed by atoms with E-state index in [-0.39, 0.29) is 6.54 Å². The lowest BCUT2D eigenvalue weighted by atomic mass is 9.70. The SMILES string of the molecule is O=C1C=Cc2cc3c4c(c2C1=O)NCC4(C(=O)O)CCC3. The Balaban J connectivity index is 2.07. The second-order valence-corrected chi connectivity index (χ2v) is 5.87. The third-order valence-electron chi connectivity index (χ3n) is 4.81. The van der Waals surface area contributed by atoms with Crippen LogP contribution in [-0.2, 0) is 21.4 Å². The van der Waals surface area contributed by atoms with Crippen LogP contribution in [0.5, 0.6) is 0 Å². The van der Waals surface area contributed by atoms with Crippen LogP contribution in [0.25, 0.3) is 6.08 Å². The summed E-state index contributed by atoms with van der Waals surface area (Å²) in [6, 6.07) is 1.87. The van der Waals surface area contributed by atoms with Gasteiger partial charge in [-0.25, -0.2) is 0 Å². The number of carbonyl (C=O) groups is 3. The van der Waals surface area contributed by atoms with Gasteiger partial charge < -0.3 is 10.4 Å². The smallest absolute Gasteiger partial charge is 0.316 e. The molecule has 2 aliphatic carbocycles. The topological polar surface area (TPSA) is 83.5 Å². The van der Waals surface area contributed by atoms with E-state index in [0.29, 0.717) is 23.2 Å². The van der Waals surface area contributed by atoms with Crippen molar-refractivity contribution in [1.29, 1.82) is 0 Å². The fraction of sp³-hybridized carbons (Fsp3) is 0.312. The number of Topliss-reactive ketones (excluding diaryl/α,β-unsaturated/α-hetero) is 1. The molecule has 1 aliphatic heterocycles. The summed E-state index contributed by atoms with van der Waals surface area (Å²) in [4.78, 5) is 35.6. The summed E-state index contributed by atoms with van der Waals surface area (Å²) in [6.45, 7) is 0.284. The van der Waals surface area contributed by atoms with E-state index in [9.17, 15) is 19.5 Å².